The lowest BCUT2D eigenvalue weighted by Crippen LogP contribution is -2.34. The molecule has 2 aromatic heterocycles. The third-order valence-corrected chi connectivity index (χ3v) is 10.4. The normalized spacial score (nSPS) is 15.8. The molecule has 7 aromatic carbocycles. The number of rotatable bonds is 4. The molecular formula is C47H29N3O2. The van der Waals surface area contributed by atoms with Crippen LogP contribution in [0, 0.1) is 0 Å². The Labute approximate surface area is 298 Å². The van der Waals surface area contributed by atoms with Gasteiger partial charge in [-0.05, 0) is 74.8 Å². The van der Waals surface area contributed by atoms with Crippen LogP contribution in [-0.4, -0.2) is 21.1 Å². The van der Waals surface area contributed by atoms with E-state index in [9.17, 15) is 0 Å². The molecule has 0 amide bonds. The molecule has 2 aliphatic rings. The monoisotopic (exact) mass is 667 g/mol. The maximum Gasteiger partial charge on any atom is 0.164 e. The summed E-state index contributed by atoms with van der Waals surface area (Å²) in [6.07, 6.45) is 4.51. The molecule has 3 heterocycles. The van der Waals surface area contributed by atoms with Gasteiger partial charge in [-0.25, -0.2) is 15.0 Å². The first-order valence-corrected chi connectivity index (χ1v) is 17.6. The van der Waals surface area contributed by atoms with E-state index in [0.29, 0.717) is 17.5 Å². The number of hydrogen-bond donors (Lipinski definition) is 0. The number of hydrogen-bond acceptors (Lipinski definition) is 5. The molecule has 1 aliphatic heterocycles. The van der Waals surface area contributed by atoms with Gasteiger partial charge in [-0.2, -0.15) is 0 Å². The summed E-state index contributed by atoms with van der Waals surface area (Å²) in [5.74, 6) is 2.81. The van der Waals surface area contributed by atoms with Crippen LogP contribution in [0.25, 0.3) is 90.2 Å². The second kappa shape index (κ2) is 11.3. The minimum atomic E-state index is -0.0438. The van der Waals surface area contributed by atoms with Gasteiger partial charge < -0.3 is 9.15 Å². The average Bonchev–Trinajstić information content (AvgIpc) is 3.77. The minimum absolute atomic E-state index is 0.0438. The Hall–Kier alpha value is -6.85. The van der Waals surface area contributed by atoms with E-state index in [0.717, 1.165) is 55.5 Å². The van der Waals surface area contributed by atoms with Gasteiger partial charge in [0.05, 0.1) is 0 Å². The fraction of sp³-hybridized carbons (Fsp3) is 0.0426. The van der Waals surface area contributed by atoms with Crippen LogP contribution in [0.1, 0.15) is 11.5 Å². The lowest BCUT2D eigenvalue weighted by atomic mass is 9.89. The summed E-state index contributed by atoms with van der Waals surface area (Å²) in [5.41, 5.74) is 7.79. The predicted molar refractivity (Wildman–Crippen MR) is 208 cm³/mol. The highest BCUT2D eigenvalue weighted by Gasteiger charge is 2.33. The van der Waals surface area contributed by atoms with Crippen molar-refractivity contribution >= 4 is 44.9 Å². The van der Waals surface area contributed by atoms with E-state index in [4.69, 9.17) is 24.1 Å². The molecule has 0 bridgehead atoms. The van der Waals surface area contributed by atoms with Gasteiger partial charge in [-0.3, -0.25) is 0 Å². The highest BCUT2D eigenvalue weighted by molar-refractivity contribution is 6.11. The quantitative estimate of drug-likeness (QED) is 0.187. The molecule has 0 N–H and O–H groups in total. The summed E-state index contributed by atoms with van der Waals surface area (Å²) in [4.78, 5) is 15.4. The summed E-state index contributed by atoms with van der Waals surface area (Å²) >= 11 is 0. The van der Waals surface area contributed by atoms with Gasteiger partial charge in [0.2, 0.25) is 0 Å². The molecule has 2 unspecified atom stereocenters. The molecular weight excluding hydrogens is 639 g/mol. The Morgan fingerprint density at radius 3 is 2.02 bits per heavy atom. The standard InChI is InChI=1S/C47H29N3O2/c1-2-9-31-24-34(21-18-28(31)8-1)29-16-19-30(20-17-29)45-48-46(50-47(49-45)37-13-7-15-42-44(37)36-12-5-6-14-40(36)51-42)35-22-23-41-38(26-35)39-25-32-10-3-4-11-33(32)27-43(39)52-41/h1-27,39,43H. The van der Waals surface area contributed by atoms with Gasteiger partial charge in [-0.15, -0.1) is 0 Å². The number of nitrogens with zero attached hydrogens (tertiary/aromatic N) is 3. The Kier molecular flexibility index (Phi) is 6.31. The average molecular weight is 668 g/mol. The Morgan fingerprint density at radius 2 is 1.13 bits per heavy atom. The van der Waals surface area contributed by atoms with Gasteiger partial charge in [0.15, 0.2) is 17.5 Å². The first-order chi connectivity index (χ1) is 25.7. The summed E-state index contributed by atoms with van der Waals surface area (Å²) in [5, 5.41) is 6.90. The molecule has 5 nitrogen and oxygen atoms in total. The number of benzene rings is 7. The van der Waals surface area contributed by atoms with Crippen LogP contribution >= 0.6 is 0 Å². The van der Waals surface area contributed by atoms with Crippen LogP contribution in [0.2, 0.25) is 0 Å². The highest BCUT2D eigenvalue weighted by atomic mass is 16.5. The van der Waals surface area contributed by atoms with Crippen molar-refractivity contribution in [2.45, 2.75) is 12.0 Å². The van der Waals surface area contributed by atoms with E-state index < -0.39 is 0 Å². The lowest BCUT2D eigenvalue weighted by molar-refractivity contribution is 0.288. The highest BCUT2D eigenvalue weighted by Crippen LogP contribution is 2.43. The van der Waals surface area contributed by atoms with Crippen molar-refractivity contribution in [1.29, 1.82) is 0 Å². The lowest BCUT2D eigenvalue weighted by Gasteiger charge is -2.15. The smallest absolute Gasteiger partial charge is 0.164 e. The molecule has 0 fully saturated rings. The molecule has 0 spiro atoms. The summed E-state index contributed by atoms with van der Waals surface area (Å²) < 4.78 is 12.7. The van der Waals surface area contributed by atoms with Crippen LogP contribution in [-0.2, 0) is 0 Å². The van der Waals surface area contributed by atoms with E-state index >= 15 is 0 Å². The van der Waals surface area contributed by atoms with Crippen LogP contribution in [0.15, 0.2) is 156 Å². The van der Waals surface area contributed by atoms with Gasteiger partial charge in [0.1, 0.15) is 23.0 Å². The zero-order valence-corrected chi connectivity index (χ0v) is 27.9. The maximum atomic E-state index is 6.45. The van der Waals surface area contributed by atoms with Gasteiger partial charge >= 0.3 is 0 Å². The predicted octanol–water partition coefficient (Wildman–Crippen LogP) is 9.71. The summed E-state index contributed by atoms with van der Waals surface area (Å²) in [7, 11) is 0. The summed E-state index contributed by atoms with van der Waals surface area (Å²) in [6, 6.07) is 52.5. The third kappa shape index (κ3) is 4.67. The van der Waals surface area contributed by atoms with Crippen molar-refractivity contribution in [2.75, 3.05) is 0 Å². The Bertz CT molecular complexity index is 3020. The van der Waals surface area contributed by atoms with Crippen molar-refractivity contribution in [1.82, 2.24) is 15.0 Å². The van der Waals surface area contributed by atoms with Crippen molar-refractivity contribution in [3.8, 4) is 51.0 Å². The Balaban J connectivity index is 1.06. The van der Waals surface area contributed by atoms with Crippen LogP contribution in [0.4, 0.5) is 0 Å². The molecule has 0 saturated heterocycles. The second-order valence-electron chi connectivity index (χ2n) is 13.5. The van der Waals surface area contributed by atoms with Gasteiger partial charge in [-0.1, -0.05) is 121 Å². The molecule has 1 aliphatic carbocycles. The number of fused-ring (bicyclic) bond motifs is 8. The number of furan rings is 1. The molecule has 5 heteroatoms. The molecule has 0 saturated carbocycles. The first kappa shape index (κ1) is 28.9. The largest absolute Gasteiger partial charge is 0.485 e. The van der Waals surface area contributed by atoms with Crippen LogP contribution < -0.4 is 15.2 Å². The Morgan fingerprint density at radius 1 is 0.462 bits per heavy atom. The van der Waals surface area contributed by atoms with E-state index in [1.165, 1.54) is 26.8 Å². The molecule has 2 atom stereocenters. The zero-order chi connectivity index (χ0) is 34.2. The van der Waals surface area contributed by atoms with Crippen LogP contribution in [0.5, 0.6) is 5.75 Å². The van der Waals surface area contributed by atoms with E-state index in [2.05, 4.69) is 133 Å². The topological polar surface area (TPSA) is 61.0 Å². The minimum Gasteiger partial charge on any atom is -0.485 e. The van der Waals surface area contributed by atoms with Crippen molar-refractivity contribution in [3.63, 3.8) is 0 Å². The van der Waals surface area contributed by atoms with E-state index in [1.807, 2.05) is 30.3 Å². The van der Waals surface area contributed by atoms with Gasteiger partial charge in [0.25, 0.3) is 0 Å². The fourth-order valence-electron chi connectivity index (χ4n) is 7.86. The van der Waals surface area contributed by atoms with E-state index in [-0.39, 0.29) is 12.0 Å². The number of para-hydroxylation sites is 1. The molecule has 52 heavy (non-hydrogen) atoms. The van der Waals surface area contributed by atoms with E-state index in [1.54, 1.807) is 0 Å². The van der Waals surface area contributed by atoms with Crippen molar-refractivity contribution < 1.29 is 9.15 Å². The third-order valence-electron chi connectivity index (χ3n) is 10.4. The summed E-state index contributed by atoms with van der Waals surface area (Å²) in [6.45, 7) is 0. The second-order valence-corrected chi connectivity index (χ2v) is 13.5. The first-order valence-electron chi connectivity index (χ1n) is 17.6. The van der Waals surface area contributed by atoms with Crippen LogP contribution in [0.3, 0.4) is 0 Å². The van der Waals surface area contributed by atoms with Gasteiger partial charge in [0, 0.05) is 38.9 Å². The molecule has 9 aromatic rings. The molecule has 244 valence electrons. The zero-order valence-electron chi connectivity index (χ0n) is 27.9. The number of aromatic nitrogens is 3. The fourth-order valence-corrected chi connectivity index (χ4v) is 7.86. The number of ether oxygens (including phenoxy) is 1. The van der Waals surface area contributed by atoms with Crippen molar-refractivity contribution in [3.05, 3.63) is 168 Å². The molecule has 11 rings (SSSR count). The maximum absolute atomic E-state index is 6.45. The molecule has 0 radical (unpaired) electrons. The van der Waals surface area contributed by atoms with Crippen molar-refractivity contribution in [2.24, 2.45) is 0 Å². The SMILES string of the molecule is C1=c2ccccc2=CC2c3cc(-c4nc(-c5ccc(-c6ccc7ccccc7c6)cc5)nc(-c5cccc6oc7ccccc7c56)n4)ccc3OC12.